The van der Waals surface area contributed by atoms with Gasteiger partial charge in [0.05, 0.1) is 21.6 Å². The summed E-state index contributed by atoms with van der Waals surface area (Å²) >= 11 is 6.38. The zero-order valence-corrected chi connectivity index (χ0v) is 10.5. The van der Waals surface area contributed by atoms with E-state index in [1.54, 1.807) is 6.20 Å². The smallest absolute Gasteiger partial charge is 0.113 e. The van der Waals surface area contributed by atoms with Crippen LogP contribution in [-0.2, 0) is 0 Å². The van der Waals surface area contributed by atoms with Crippen molar-refractivity contribution < 1.29 is 0 Å². The molecule has 1 rings (SSSR count). The Morgan fingerprint density at radius 1 is 1.46 bits per heavy atom. The van der Waals surface area contributed by atoms with Gasteiger partial charge in [-0.25, -0.2) is 0 Å². The minimum atomic E-state index is 0.303. The zero-order valence-electron chi connectivity index (χ0n) is 7.28. The molecule has 0 aromatic rings. The van der Waals surface area contributed by atoms with Crippen molar-refractivity contribution in [1.82, 2.24) is 5.32 Å². The van der Waals surface area contributed by atoms with E-state index < -0.39 is 0 Å². The first-order valence-corrected chi connectivity index (χ1v) is 5.24. The van der Waals surface area contributed by atoms with Gasteiger partial charge in [0, 0.05) is 6.20 Å². The van der Waals surface area contributed by atoms with Gasteiger partial charge in [0.15, 0.2) is 0 Å². The van der Waals surface area contributed by atoms with Crippen LogP contribution in [0.3, 0.4) is 0 Å². The van der Waals surface area contributed by atoms with Gasteiger partial charge in [-0.1, -0.05) is 0 Å². The summed E-state index contributed by atoms with van der Waals surface area (Å²) in [6, 6.07) is 0. The fraction of sp³-hybridized carbons (Fsp3) is 0.250. The molecule has 1 aliphatic heterocycles. The summed E-state index contributed by atoms with van der Waals surface area (Å²) in [6.07, 6.45) is 1.81. The molecule has 0 spiro atoms. The number of allylic oxidation sites excluding steroid dienone is 3. The molecular weight excluding hydrogens is 298 g/mol. The van der Waals surface area contributed by atoms with Crippen LogP contribution in [0.15, 0.2) is 27.1 Å². The minimum Gasteiger partial charge on any atom is -0.358 e. The average molecular weight is 307 g/mol. The van der Waals surface area contributed by atoms with E-state index in [1.807, 2.05) is 13.8 Å². The first kappa shape index (κ1) is 10.7. The Labute approximate surface area is 93.8 Å². The number of rotatable bonds is 1. The average Bonchev–Trinajstić information content (AvgIpc) is 2.03. The van der Waals surface area contributed by atoms with Crippen molar-refractivity contribution in [3.63, 3.8) is 0 Å². The third kappa shape index (κ3) is 2.51. The van der Waals surface area contributed by atoms with Crippen molar-refractivity contribution in [3.05, 3.63) is 22.1 Å². The molecule has 1 heterocycles. The molecule has 0 fully saturated rings. The summed E-state index contributed by atoms with van der Waals surface area (Å²) in [5, 5.41) is 10.4. The number of nitrogens with one attached hydrogen (secondary N) is 2. The number of hydrogen-bond acceptors (Lipinski definition) is 3. The molecule has 70 valence electrons. The van der Waals surface area contributed by atoms with Crippen LogP contribution in [0, 0.1) is 5.41 Å². The Balaban J connectivity index is 3.07. The monoisotopic (exact) mass is 305 g/mol. The molecule has 5 heteroatoms. The lowest BCUT2D eigenvalue weighted by molar-refractivity contribution is 1.05. The lowest BCUT2D eigenvalue weighted by Gasteiger charge is -2.14. The zero-order chi connectivity index (χ0) is 10.0. The van der Waals surface area contributed by atoms with Crippen LogP contribution in [0.4, 0.5) is 0 Å². The normalized spacial score (nSPS) is 20.0. The molecule has 2 N–H and O–H groups in total. The Morgan fingerprint density at radius 2 is 2.08 bits per heavy atom. The molecule has 13 heavy (non-hydrogen) atoms. The van der Waals surface area contributed by atoms with Crippen LogP contribution in [0.5, 0.6) is 0 Å². The molecule has 0 aromatic heterocycles. The second-order valence-corrected chi connectivity index (χ2v) is 4.22. The quantitative estimate of drug-likeness (QED) is 0.719. The van der Waals surface area contributed by atoms with Crippen LogP contribution in [0.2, 0.25) is 0 Å². The second kappa shape index (κ2) is 4.19. The highest BCUT2D eigenvalue weighted by atomic mass is 79.9. The summed E-state index contributed by atoms with van der Waals surface area (Å²) in [5.74, 6) is 0. The molecule has 0 amide bonds. The van der Waals surface area contributed by atoms with Crippen LogP contribution < -0.4 is 5.32 Å². The van der Waals surface area contributed by atoms with Gasteiger partial charge in [-0.3, -0.25) is 10.4 Å². The Kier molecular flexibility index (Phi) is 3.44. The maximum absolute atomic E-state index is 7.37. The molecule has 0 aliphatic carbocycles. The first-order chi connectivity index (χ1) is 6.02. The van der Waals surface area contributed by atoms with Crippen molar-refractivity contribution >= 4 is 42.2 Å². The maximum Gasteiger partial charge on any atom is 0.113 e. The van der Waals surface area contributed by atoms with E-state index in [-0.39, 0.29) is 0 Å². The molecule has 0 aromatic carbocycles. The maximum atomic E-state index is 7.37. The van der Waals surface area contributed by atoms with Crippen molar-refractivity contribution in [3.8, 4) is 0 Å². The molecule has 0 atom stereocenters. The van der Waals surface area contributed by atoms with E-state index in [0.717, 1.165) is 17.1 Å². The van der Waals surface area contributed by atoms with Crippen molar-refractivity contribution in [1.29, 1.82) is 5.41 Å². The van der Waals surface area contributed by atoms with Crippen molar-refractivity contribution in [2.45, 2.75) is 13.8 Å². The number of halogens is 2. The number of aliphatic imine (C=N–C) groups is 1. The fourth-order valence-corrected chi connectivity index (χ4v) is 1.57. The molecule has 0 bridgehead atoms. The lowest BCUT2D eigenvalue weighted by Crippen LogP contribution is -2.19. The van der Waals surface area contributed by atoms with Gasteiger partial charge in [0.1, 0.15) is 4.62 Å². The van der Waals surface area contributed by atoms with E-state index in [0.29, 0.717) is 9.10 Å². The molecule has 0 radical (unpaired) electrons. The van der Waals surface area contributed by atoms with Crippen LogP contribution in [0.25, 0.3) is 0 Å². The molecule has 0 saturated carbocycles. The van der Waals surface area contributed by atoms with E-state index in [1.165, 1.54) is 0 Å². The molecule has 3 nitrogen and oxygen atoms in total. The standard InChI is InChI=1S/C8H9Br2N3/c1-4-3-12-7(5(2)13-4)6(9)8(10)11/h3,11-12H,1-2H3/b7-6+,11-8?. The predicted molar refractivity (Wildman–Crippen MR) is 62.6 cm³/mol. The highest BCUT2D eigenvalue weighted by Crippen LogP contribution is 2.19. The molecule has 0 unspecified atom stereocenters. The van der Waals surface area contributed by atoms with Gasteiger partial charge >= 0.3 is 0 Å². The lowest BCUT2D eigenvalue weighted by atomic mass is 10.2. The first-order valence-electron chi connectivity index (χ1n) is 3.65. The van der Waals surface area contributed by atoms with Gasteiger partial charge in [-0.05, 0) is 45.7 Å². The van der Waals surface area contributed by atoms with Crippen molar-refractivity contribution in [2.75, 3.05) is 0 Å². The third-order valence-corrected chi connectivity index (χ3v) is 3.27. The van der Waals surface area contributed by atoms with Crippen molar-refractivity contribution in [2.24, 2.45) is 4.99 Å². The van der Waals surface area contributed by atoms with Gasteiger partial charge in [-0.2, -0.15) is 0 Å². The highest BCUT2D eigenvalue weighted by molar-refractivity contribution is 9.20. The SMILES string of the molecule is CC1=CN/C(=C(/Br)C(=N)Br)C(C)=N1. The molecule has 0 saturated heterocycles. The van der Waals surface area contributed by atoms with Crippen LogP contribution in [0.1, 0.15) is 13.8 Å². The summed E-state index contributed by atoms with van der Waals surface area (Å²) < 4.78 is 0.981. The predicted octanol–water partition coefficient (Wildman–Crippen LogP) is 2.89. The summed E-state index contributed by atoms with van der Waals surface area (Å²) in [4.78, 5) is 4.28. The van der Waals surface area contributed by atoms with E-state index in [2.05, 4.69) is 42.2 Å². The third-order valence-electron chi connectivity index (χ3n) is 1.54. The molecule has 1 aliphatic rings. The van der Waals surface area contributed by atoms with Crippen LogP contribution >= 0.6 is 31.9 Å². The Morgan fingerprint density at radius 3 is 2.54 bits per heavy atom. The van der Waals surface area contributed by atoms with Gasteiger partial charge in [-0.15, -0.1) is 0 Å². The Hall–Kier alpha value is -0.420. The van der Waals surface area contributed by atoms with Gasteiger partial charge in [0.25, 0.3) is 0 Å². The minimum absolute atomic E-state index is 0.303. The van der Waals surface area contributed by atoms with Gasteiger partial charge < -0.3 is 5.32 Å². The highest BCUT2D eigenvalue weighted by Gasteiger charge is 2.12. The second-order valence-electron chi connectivity index (χ2n) is 2.63. The largest absolute Gasteiger partial charge is 0.358 e. The number of hydrogen-bond donors (Lipinski definition) is 2. The summed E-state index contributed by atoms with van der Waals surface area (Å²) in [7, 11) is 0. The summed E-state index contributed by atoms with van der Waals surface area (Å²) in [6.45, 7) is 3.82. The number of nitrogens with zero attached hydrogens (tertiary/aromatic N) is 1. The summed E-state index contributed by atoms with van der Waals surface area (Å²) in [5.41, 5.74) is 2.63. The fourth-order valence-electron chi connectivity index (χ4n) is 0.966. The van der Waals surface area contributed by atoms with E-state index in [4.69, 9.17) is 5.41 Å². The Bertz CT molecular complexity index is 339. The van der Waals surface area contributed by atoms with Crippen LogP contribution in [-0.4, -0.2) is 10.3 Å². The topological polar surface area (TPSA) is 48.2 Å². The van der Waals surface area contributed by atoms with Gasteiger partial charge in [0.2, 0.25) is 0 Å². The molecular formula is C8H9Br2N3. The van der Waals surface area contributed by atoms with E-state index >= 15 is 0 Å². The van der Waals surface area contributed by atoms with E-state index in [9.17, 15) is 0 Å².